The molecule has 0 bridgehead atoms. The molecule has 1 heterocycles. The number of carboxylic acid groups (broad SMARTS) is 1. The lowest BCUT2D eigenvalue weighted by molar-refractivity contribution is -0.150. The zero-order chi connectivity index (χ0) is 15.1. The Balaban J connectivity index is 2.79. The average molecular weight is 303 g/mol. The Labute approximate surface area is 123 Å². The molecule has 0 aliphatic carbocycles. The second kappa shape index (κ2) is 8.21. The average Bonchev–Trinajstić information content (AvgIpc) is 2.92. The summed E-state index contributed by atoms with van der Waals surface area (Å²) in [6, 6.07) is -1.52. The van der Waals surface area contributed by atoms with Crippen LogP contribution in [0.1, 0.15) is 25.7 Å². The van der Waals surface area contributed by atoms with E-state index in [0.29, 0.717) is 38.0 Å². The standard InChI is InChI=1S/C12H21N3O4S/c13-7-8(9(14-19)3-2-6-20)11(16)15-5-1-4-10(15)12(17)18/h8-10,20H,1-7,13H2,(H,17,18)/t8?,9?,10-/m0/s1. The van der Waals surface area contributed by atoms with Gasteiger partial charge in [-0.2, -0.15) is 17.5 Å². The van der Waals surface area contributed by atoms with Crippen LogP contribution in [0, 0.1) is 10.8 Å². The first-order chi connectivity index (χ1) is 9.56. The van der Waals surface area contributed by atoms with Crippen LogP contribution in [0.2, 0.25) is 0 Å². The zero-order valence-electron chi connectivity index (χ0n) is 11.3. The lowest BCUT2D eigenvalue weighted by Gasteiger charge is -2.28. The van der Waals surface area contributed by atoms with E-state index < -0.39 is 24.0 Å². The van der Waals surface area contributed by atoms with E-state index >= 15 is 0 Å². The third kappa shape index (κ3) is 3.92. The number of carbonyl (C=O) groups excluding carboxylic acids is 1. The van der Waals surface area contributed by atoms with Crippen molar-refractivity contribution in [1.29, 1.82) is 0 Å². The Bertz CT molecular complexity index is 367. The molecule has 2 unspecified atom stereocenters. The summed E-state index contributed by atoms with van der Waals surface area (Å²) in [6.07, 6.45) is 2.18. The van der Waals surface area contributed by atoms with Gasteiger partial charge in [0, 0.05) is 13.1 Å². The van der Waals surface area contributed by atoms with E-state index in [1.165, 1.54) is 4.90 Å². The van der Waals surface area contributed by atoms with E-state index in [0.717, 1.165) is 0 Å². The van der Waals surface area contributed by atoms with Crippen molar-refractivity contribution in [1.82, 2.24) is 4.90 Å². The van der Waals surface area contributed by atoms with Gasteiger partial charge in [0.1, 0.15) is 12.1 Å². The Hall–Kier alpha value is -1.15. The summed E-state index contributed by atoms with van der Waals surface area (Å²) in [5.74, 6) is -1.54. The molecular weight excluding hydrogens is 282 g/mol. The Kier molecular flexibility index (Phi) is 6.94. The van der Waals surface area contributed by atoms with Gasteiger partial charge in [-0.15, -0.1) is 0 Å². The second-order valence-electron chi connectivity index (χ2n) is 4.91. The number of nitrogens with zero attached hydrogens (tertiary/aromatic N) is 2. The normalized spacial score (nSPS) is 21.5. The van der Waals surface area contributed by atoms with Gasteiger partial charge in [0.25, 0.3) is 0 Å². The number of hydrogen-bond acceptors (Lipinski definition) is 6. The minimum Gasteiger partial charge on any atom is -0.480 e. The molecule has 114 valence electrons. The van der Waals surface area contributed by atoms with Gasteiger partial charge in [-0.25, -0.2) is 4.79 Å². The van der Waals surface area contributed by atoms with E-state index in [1.54, 1.807) is 0 Å². The first kappa shape index (κ1) is 16.9. The molecular formula is C12H21N3O4S. The molecule has 0 aromatic carbocycles. The van der Waals surface area contributed by atoms with Crippen molar-refractivity contribution in [3.8, 4) is 0 Å². The molecule has 1 aliphatic rings. The zero-order valence-corrected chi connectivity index (χ0v) is 12.2. The highest BCUT2D eigenvalue weighted by Crippen LogP contribution is 2.23. The minimum absolute atomic E-state index is 0.00928. The molecule has 3 N–H and O–H groups in total. The van der Waals surface area contributed by atoms with Gasteiger partial charge in [0.2, 0.25) is 5.91 Å². The summed E-state index contributed by atoms with van der Waals surface area (Å²) in [7, 11) is 0. The Morgan fingerprint density at radius 1 is 1.50 bits per heavy atom. The van der Waals surface area contributed by atoms with Crippen LogP contribution in [0.4, 0.5) is 0 Å². The molecule has 0 aromatic rings. The predicted octanol–water partition coefficient (Wildman–Crippen LogP) is 0.482. The predicted molar refractivity (Wildman–Crippen MR) is 77.6 cm³/mol. The Morgan fingerprint density at radius 2 is 2.20 bits per heavy atom. The number of likely N-dealkylation sites (tertiary alicyclic amines) is 1. The molecule has 1 rings (SSSR count). The largest absolute Gasteiger partial charge is 0.480 e. The van der Waals surface area contributed by atoms with Gasteiger partial charge in [0.05, 0.1) is 5.92 Å². The first-order valence-electron chi connectivity index (χ1n) is 6.73. The summed E-state index contributed by atoms with van der Waals surface area (Å²) >= 11 is 4.06. The van der Waals surface area contributed by atoms with Crippen molar-refractivity contribution in [2.45, 2.75) is 37.8 Å². The lowest BCUT2D eigenvalue weighted by Crippen LogP contribution is -2.48. The molecule has 0 saturated carbocycles. The minimum atomic E-state index is -1.02. The molecule has 1 aliphatic heterocycles. The first-order valence-corrected chi connectivity index (χ1v) is 7.36. The van der Waals surface area contributed by atoms with Gasteiger partial charge in [0.15, 0.2) is 0 Å². The van der Waals surface area contributed by atoms with Crippen LogP contribution < -0.4 is 5.73 Å². The highest BCUT2D eigenvalue weighted by atomic mass is 32.1. The second-order valence-corrected chi connectivity index (χ2v) is 5.36. The van der Waals surface area contributed by atoms with Crippen molar-refractivity contribution in [2.75, 3.05) is 18.8 Å². The molecule has 8 heteroatoms. The monoisotopic (exact) mass is 303 g/mol. The van der Waals surface area contributed by atoms with Crippen LogP contribution in [0.15, 0.2) is 5.18 Å². The van der Waals surface area contributed by atoms with Crippen molar-refractivity contribution in [2.24, 2.45) is 16.8 Å². The van der Waals surface area contributed by atoms with Crippen LogP contribution >= 0.6 is 12.6 Å². The third-order valence-corrected chi connectivity index (χ3v) is 3.97. The van der Waals surface area contributed by atoms with Gasteiger partial charge in [-0.1, -0.05) is 5.18 Å². The number of aliphatic carboxylic acids is 1. The fourth-order valence-corrected chi connectivity index (χ4v) is 2.73. The smallest absolute Gasteiger partial charge is 0.326 e. The number of thiol groups is 1. The molecule has 0 aromatic heterocycles. The molecule has 0 spiro atoms. The van der Waals surface area contributed by atoms with Gasteiger partial charge >= 0.3 is 5.97 Å². The third-order valence-electron chi connectivity index (χ3n) is 3.65. The molecule has 1 fully saturated rings. The highest BCUT2D eigenvalue weighted by Gasteiger charge is 2.39. The van der Waals surface area contributed by atoms with E-state index in [2.05, 4.69) is 17.8 Å². The molecule has 20 heavy (non-hydrogen) atoms. The quantitative estimate of drug-likeness (QED) is 0.446. The number of hydrogen-bond donors (Lipinski definition) is 3. The number of nitrogens with two attached hydrogens (primary N) is 1. The molecule has 1 saturated heterocycles. The topological polar surface area (TPSA) is 113 Å². The van der Waals surface area contributed by atoms with E-state index in [9.17, 15) is 14.5 Å². The van der Waals surface area contributed by atoms with Crippen molar-refractivity contribution < 1.29 is 14.7 Å². The summed E-state index contributed by atoms with van der Waals surface area (Å²) < 4.78 is 0. The van der Waals surface area contributed by atoms with Crippen molar-refractivity contribution in [3.63, 3.8) is 0 Å². The fraction of sp³-hybridized carbons (Fsp3) is 0.833. The van der Waals surface area contributed by atoms with Gasteiger partial charge < -0.3 is 15.7 Å². The number of carbonyl (C=O) groups is 2. The fourth-order valence-electron chi connectivity index (χ4n) is 2.55. The van der Waals surface area contributed by atoms with Crippen LogP contribution in [0.25, 0.3) is 0 Å². The van der Waals surface area contributed by atoms with Crippen molar-refractivity contribution >= 4 is 24.5 Å². The maximum absolute atomic E-state index is 12.4. The van der Waals surface area contributed by atoms with E-state index in [4.69, 9.17) is 10.8 Å². The summed E-state index contributed by atoms with van der Waals surface area (Å²) in [6.45, 7) is 0.384. The van der Waals surface area contributed by atoms with Crippen molar-refractivity contribution in [3.05, 3.63) is 4.91 Å². The number of rotatable bonds is 8. The molecule has 3 atom stereocenters. The van der Waals surface area contributed by atoms with Gasteiger partial charge in [-0.05, 0) is 31.4 Å². The maximum Gasteiger partial charge on any atom is 0.326 e. The van der Waals surface area contributed by atoms with E-state index in [-0.39, 0.29) is 12.5 Å². The highest BCUT2D eigenvalue weighted by molar-refractivity contribution is 7.80. The maximum atomic E-state index is 12.4. The number of nitroso groups, excluding NO2 is 1. The van der Waals surface area contributed by atoms with Crippen LogP contribution in [-0.4, -0.2) is 52.8 Å². The summed E-state index contributed by atoms with van der Waals surface area (Å²) in [4.78, 5) is 35.8. The number of amides is 1. The van der Waals surface area contributed by atoms with Crippen LogP contribution in [0.3, 0.4) is 0 Å². The Morgan fingerprint density at radius 3 is 2.70 bits per heavy atom. The molecule has 7 nitrogen and oxygen atoms in total. The molecule has 1 amide bonds. The summed E-state index contributed by atoms with van der Waals surface area (Å²) in [5, 5.41) is 12.1. The summed E-state index contributed by atoms with van der Waals surface area (Å²) in [5.41, 5.74) is 5.60. The van der Waals surface area contributed by atoms with Crippen LogP contribution in [-0.2, 0) is 9.59 Å². The SMILES string of the molecule is NCC(C(=O)N1CCC[C@H]1C(=O)O)C(CCCS)N=O. The molecule has 0 radical (unpaired) electrons. The van der Waals surface area contributed by atoms with E-state index in [1.807, 2.05) is 0 Å². The number of carboxylic acids is 1. The lowest BCUT2D eigenvalue weighted by atomic mass is 9.94. The van der Waals surface area contributed by atoms with Crippen LogP contribution in [0.5, 0.6) is 0 Å². The van der Waals surface area contributed by atoms with Gasteiger partial charge in [-0.3, -0.25) is 4.79 Å².